The molecule has 2 heterocycles. The van der Waals surface area contributed by atoms with Crippen LogP contribution in [0.1, 0.15) is 39.8 Å². The first-order valence-corrected chi connectivity index (χ1v) is 24.2. The molecule has 70 heavy (non-hydrogen) atoms. The monoisotopic (exact) mass is 954 g/mol. The largest absolute Gasteiger partial charge is 0.396 e. The SMILES string of the molecule is CO[C@@H]1O[C@H](COCc2ccccc2)[C@H](O[C@H]2O[C@H](COCc3ccccc3)[C@H](OCc3ccccc3)[C@H](OCc3ccccc3)[C@H]2OCc2ccccc2)[C@H](OCc2ccccc2)[C@H]1OCCCO. The third-order valence-electron chi connectivity index (χ3n) is 12.2. The minimum atomic E-state index is -1.10. The summed E-state index contributed by atoms with van der Waals surface area (Å²) in [5.41, 5.74) is 5.90. The fraction of sp³-hybridized carbons (Fsp3) is 0.379. The molecule has 0 radical (unpaired) electrons. The van der Waals surface area contributed by atoms with E-state index < -0.39 is 61.4 Å². The van der Waals surface area contributed by atoms with Gasteiger partial charge in [0, 0.05) is 20.3 Å². The molecule has 2 aliphatic heterocycles. The number of aliphatic hydroxyl groups is 1. The molecule has 2 saturated heterocycles. The Morgan fingerprint density at radius 1 is 0.371 bits per heavy atom. The van der Waals surface area contributed by atoms with E-state index in [1.165, 1.54) is 0 Å². The lowest BCUT2D eigenvalue weighted by Gasteiger charge is -2.50. The molecule has 2 fully saturated rings. The van der Waals surface area contributed by atoms with Gasteiger partial charge in [0.2, 0.25) is 0 Å². The normalized spacial score (nSPS) is 24.6. The number of ether oxygens (including phenoxy) is 11. The average molecular weight is 955 g/mol. The Bertz CT molecular complexity index is 2300. The van der Waals surface area contributed by atoms with E-state index in [2.05, 4.69) is 0 Å². The molecule has 0 spiro atoms. The van der Waals surface area contributed by atoms with Crippen LogP contribution in [0.2, 0.25) is 0 Å². The molecule has 12 nitrogen and oxygen atoms in total. The number of methoxy groups -OCH3 is 1. The zero-order valence-corrected chi connectivity index (χ0v) is 39.8. The maximum atomic E-state index is 9.84. The molecule has 2 aliphatic rings. The topological polar surface area (TPSA) is 122 Å². The molecule has 12 heteroatoms. The van der Waals surface area contributed by atoms with E-state index in [4.69, 9.17) is 52.1 Å². The second-order valence-corrected chi connectivity index (χ2v) is 17.4. The van der Waals surface area contributed by atoms with Gasteiger partial charge in [-0.05, 0) is 39.8 Å². The summed E-state index contributed by atoms with van der Waals surface area (Å²) < 4.78 is 74.8. The van der Waals surface area contributed by atoms with E-state index >= 15 is 0 Å². The highest BCUT2D eigenvalue weighted by Crippen LogP contribution is 2.37. The van der Waals surface area contributed by atoms with Gasteiger partial charge in [0.05, 0.1) is 52.9 Å². The van der Waals surface area contributed by atoms with E-state index in [1.54, 1.807) is 7.11 Å². The standard InChI is InChI=1S/C58H66O12/c1-60-57-55(63-34-20-33-59)54(66-39-47-29-16-6-17-30-47)52(50(68-57)42-62-36-44-23-10-3-11-24-44)70-58-56(67-40-48-31-18-7-19-32-48)53(65-38-46-27-14-5-15-28-46)51(64-37-45-25-12-4-13-26-45)49(69-58)41-61-35-43-21-8-2-9-22-43/h2-19,21-32,49-59H,20,33-42H2,1H3/t49-,50-,51+,52+,53+,54+,55-,56-,57-,58-/m1/s1. The first-order valence-electron chi connectivity index (χ1n) is 24.2. The summed E-state index contributed by atoms with van der Waals surface area (Å²) in [7, 11) is 1.58. The highest BCUT2D eigenvalue weighted by molar-refractivity contribution is 5.18. The maximum Gasteiger partial charge on any atom is 0.187 e. The van der Waals surface area contributed by atoms with Crippen LogP contribution in [-0.2, 0) is 91.7 Å². The van der Waals surface area contributed by atoms with Gasteiger partial charge in [-0.1, -0.05) is 182 Å². The number of hydrogen-bond donors (Lipinski definition) is 1. The molecule has 0 unspecified atom stereocenters. The second-order valence-electron chi connectivity index (χ2n) is 17.4. The number of benzene rings is 6. The van der Waals surface area contributed by atoms with Gasteiger partial charge in [-0.2, -0.15) is 0 Å². The smallest absolute Gasteiger partial charge is 0.187 e. The zero-order chi connectivity index (χ0) is 48.0. The Balaban J connectivity index is 1.18. The minimum absolute atomic E-state index is 0.0569. The summed E-state index contributed by atoms with van der Waals surface area (Å²) in [5.74, 6) is 0. The van der Waals surface area contributed by atoms with Crippen LogP contribution in [0, 0.1) is 0 Å². The maximum absolute atomic E-state index is 9.84. The number of hydrogen-bond acceptors (Lipinski definition) is 12. The van der Waals surface area contributed by atoms with Gasteiger partial charge in [-0.3, -0.25) is 0 Å². The Morgan fingerprint density at radius 3 is 1.10 bits per heavy atom. The summed E-state index contributed by atoms with van der Waals surface area (Å²) in [6.45, 7) is 2.08. The van der Waals surface area contributed by atoms with Gasteiger partial charge < -0.3 is 57.2 Å². The Morgan fingerprint density at radius 2 is 0.700 bits per heavy atom. The van der Waals surface area contributed by atoms with Crippen molar-refractivity contribution in [2.45, 2.75) is 107 Å². The van der Waals surface area contributed by atoms with Crippen LogP contribution in [0.25, 0.3) is 0 Å². The Labute approximate surface area is 412 Å². The van der Waals surface area contributed by atoms with Gasteiger partial charge in [0.1, 0.15) is 48.8 Å². The fourth-order valence-corrected chi connectivity index (χ4v) is 8.66. The van der Waals surface area contributed by atoms with Crippen molar-refractivity contribution >= 4 is 0 Å². The van der Waals surface area contributed by atoms with Gasteiger partial charge in [0.15, 0.2) is 12.6 Å². The highest BCUT2D eigenvalue weighted by atomic mass is 16.8. The molecule has 10 atom stereocenters. The average Bonchev–Trinajstić information content (AvgIpc) is 3.41. The van der Waals surface area contributed by atoms with Crippen molar-refractivity contribution in [2.24, 2.45) is 0 Å². The van der Waals surface area contributed by atoms with E-state index in [1.807, 2.05) is 182 Å². The van der Waals surface area contributed by atoms with Crippen molar-refractivity contribution in [2.75, 3.05) is 33.5 Å². The lowest BCUT2D eigenvalue weighted by atomic mass is 9.95. The molecule has 0 bridgehead atoms. The van der Waals surface area contributed by atoms with Crippen LogP contribution < -0.4 is 0 Å². The molecule has 1 N–H and O–H groups in total. The van der Waals surface area contributed by atoms with Crippen molar-refractivity contribution < 1.29 is 57.2 Å². The Hall–Kier alpha value is -5.16. The van der Waals surface area contributed by atoms with Crippen LogP contribution >= 0.6 is 0 Å². The van der Waals surface area contributed by atoms with E-state index in [0.29, 0.717) is 19.6 Å². The highest BCUT2D eigenvalue weighted by Gasteiger charge is 2.54. The first kappa shape index (κ1) is 51.2. The minimum Gasteiger partial charge on any atom is -0.396 e. The molecular weight excluding hydrogens is 889 g/mol. The molecule has 0 amide bonds. The predicted octanol–water partition coefficient (Wildman–Crippen LogP) is 9.01. The number of rotatable bonds is 27. The summed E-state index contributed by atoms with van der Waals surface area (Å²) in [6.07, 6.45) is -7.84. The third kappa shape index (κ3) is 15.2. The van der Waals surface area contributed by atoms with Crippen molar-refractivity contribution in [3.05, 3.63) is 215 Å². The summed E-state index contributed by atoms with van der Waals surface area (Å²) >= 11 is 0. The predicted molar refractivity (Wildman–Crippen MR) is 263 cm³/mol. The summed E-state index contributed by atoms with van der Waals surface area (Å²) in [4.78, 5) is 0. The van der Waals surface area contributed by atoms with Crippen molar-refractivity contribution in [3.63, 3.8) is 0 Å². The van der Waals surface area contributed by atoms with Crippen molar-refractivity contribution in [1.29, 1.82) is 0 Å². The second kappa shape index (κ2) is 28.0. The van der Waals surface area contributed by atoms with Crippen LogP contribution in [0.5, 0.6) is 0 Å². The first-order chi connectivity index (χ1) is 34.6. The fourth-order valence-electron chi connectivity index (χ4n) is 8.66. The molecule has 0 aliphatic carbocycles. The molecule has 6 aromatic rings. The van der Waals surface area contributed by atoms with Gasteiger partial charge in [-0.25, -0.2) is 0 Å². The van der Waals surface area contributed by atoms with E-state index in [-0.39, 0.29) is 52.9 Å². The number of aliphatic hydroxyl groups excluding tert-OH is 1. The molecular formula is C58H66O12. The lowest BCUT2D eigenvalue weighted by molar-refractivity contribution is -0.375. The van der Waals surface area contributed by atoms with Crippen LogP contribution in [-0.4, -0.2) is 100 Å². The van der Waals surface area contributed by atoms with Gasteiger partial charge in [0.25, 0.3) is 0 Å². The van der Waals surface area contributed by atoms with Crippen LogP contribution in [0.3, 0.4) is 0 Å². The Kier molecular flexibility index (Phi) is 20.5. The van der Waals surface area contributed by atoms with Crippen molar-refractivity contribution in [1.82, 2.24) is 0 Å². The van der Waals surface area contributed by atoms with Crippen LogP contribution in [0.4, 0.5) is 0 Å². The van der Waals surface area contributed by atoms with E-state index in [0.717, 1.165) is 33.4 Å². The molecule has 6 aromatic carbocycles. The van der Waals surface area contributed by atoms with Gasteiger partial charge in [-0.15, -0.1) is 0 Å². The lowest BCUT2D eigenvalue weighted by Crippen LogP contribution is -2.66. The zero-order valence-electron chi connectivity index (χ0n) is 39.8. The molecule has 0 saturated carbocycles. The molecule has 370 valence electrons. The summed E-state index contributed by atoms with van der Waals surface area (Å²) in [6, 6.07) is 60.0. The van der Waals surface area contributed by atoms with E-state index in [9.17, 15) is 5.11 Å². The van der Waals surface area contributed by atoms with Gasteiger partial charge >= 0.3 is 0 Å². The third-order valence-corrected chi connectivity index (χ3v) is 12.2. The molecule has 8 rings (SSSR count). The van der Waals surface area contributed by atoms with Crippen molar-refractivity contribution in [3.8, 4) is 0 Å². The molecule has 0 aromatic heterocycles. The quantitative estimate of drug-likeness (QED) is 0.0496. The summed E-state index contributed by atoms with van der Waals surface area (Å²) in [5, 5.41) is 9.84. The van der Waals surface area contributed by atoms with Crippen LogP contribution in [0.15, 0.2) is 182 Å².